The molecule has 0 aliphatic rings. The second-order valence-electron chi connectivity index (χ2n) is 24.5. The molecule has 1 N–H and O–H groups in total. The monoisotopic (exact) mass is 1170 g/mol. The normalized spacial score (nSPS) is 13.6. The lowest BCUT2D eigenvalue weighted by atomic mass is 10.0. The Balaban J connectivity index is 3.99. The standard InChI is InChI=1S/C72H132NO8P/c1-6-8-10-12-14-16-18-20-22-24-26-28-30-31-32-33-34-35-36-37-38-39-40-41-43-45-47-49-51-53-55-57-59-61-63-65-72(75)81-70(69-80-82(76,77)79-67-66-73(3,4)5)68-78-71(74)64-62-60-58-56-54-52-50-48-46-44-42-29-27-25-23-21-19-17-15-13-11-9-7-2/h8,10,14,16,19-22,25-28,70H,6-7,9,11-13,15,17-18,23-24,29-69H2,1-5H3/p+1/b10-8-,16-14-,21-19-,22-20-,27-25-,28-26-. The van der Waals surface area contributed by atoms with Gasteiger partial charge in [0.15, 0.2) is 6.10 Å². The van der Waals surface area contributed by atoms with Gasteiger partial charge in [-0.3, -0.25) is 18.6 Å². The highest BCUT2D eigenvalue weighted by molar-refractivity contribution is 7.47. The fourth-order valence-electron chi connectivity index (χ4n) is 9.92. The predicted octanol–water partition coefficient (Wildman–Crippen LogP) is 22.4. The predicted molar refractivity (Wildman–Crippen MR) is 353 cm³/mol. The molecular formula is C72H133NO8P+. The third-order valence-electron chi connectivity index (χ3n) is 15.2. The number of esters is 2. The minimum Gasteiger partial charge on any atom is -0.462 e. The maximum Gasteiger partial charge on any atom is 0.472 e. The van der Waals surface area contributed by atoms with E-state index in [1.165, 1.54) is 225 Å². The Bertz CT molecular complexity index is 1610. The second-order valence-corrected chi connectivity index (χ2v) is 26.0. The number of ether oxygens (including phenoxy) is 2. The van der Waals surface area contributed by atoms with Crippen LogP contribution < -0.4 is 0 Å². The maximum atomic E-state index is 12.9. The van der Waals surface area contributed by atoms with Crippen molar-refractivity contribution in [1.82, 2.24) is 0 Å². The number of phosphoric ester groups is 1. The fourth-order valence-corrected chi connectivity index (χ4v) is 10.7. The van der Waals surface area contributed by atoms with Crippen LogP contribution in [0.4, 0.5) is 0 Å². The van der Waals surface area contributed by atoms with Crippen molar-refractivity contribution in [2.75, 3.05) is 47.5 Å². The molecule has 0 rings (SSSR count). The first kappa shape index (κ1) is 79.5. The molecule has 9 nitrogen and oxygen atoms in total. The number of hydrogen-bond acceptors (Lipinski definition) is 7. The van der Waals surface area contributed by atoms with Gasteiger partial charge in [-0.05, 0) is 83.5 Å². The van der Waals surface area contributed by atoms with Crippen molar-refractivity contribution in [3.63, 3.8) is 0 Å². The molecule has 0 aliphatic heterocycles. The average molecular weight is 1170 g/mol. The molecule has 0 fully saturated rings. The summed E-state index contributed by atoms with van der Waals surface area (Å²) >= 11 is 0. The summed E-state index contributed by atoms with van der Waals surface area (Å²) in [7, 11) is 1.49. The molecule has 0 heterocycles. The highest BCUT2D eigenvalue weighted by Crippen LogP contribution is 2.43. The van der Waals surface area contributed by atoms with Gasteiger partial charge in [-0.25, -0.2) is 4.57 Å². The van der Waals surface area contributed by atoms with Gasteiger partial charge in [0.25, 0.3) is 0 Å². The van der Waals surface area contributed by atoms with Gasteiger partial charge in [0.1, 0.15) is 19.8 Å². The quantitative estimate of drug-likeness (QED) is 0.0211. The molecule has 478 valence electrons. The summed E-state index contributed by atoms with van der Waals surface area (Å²) in [5.41, 5.74) is 0. The zero-order chi connectivity index (χ0) is 59.8. The Morgan fingerprint density at radius 2 is 0.695 bits per heavy atom. The maximum absolute atomic E-state index is 12.9. The molecule has 0 bridgehead atoms. The third-order valence-corrected chi connectivity index (χ3v) is 16.2. The van der Waals surface area contributed by atoms with Crippen molar-refractivity contribution in [2.45, 2.75) is 328 Å². The van der Waals surface area contributed by atoms with E-state index in [2.05, 4.69) is 86.8 Å². The van der Waals surface area contributed by atoms with Crippen LogP contribution in [0.1, 0.15) is 322 Å². The van der Waals surface area contributed by atoms with E-state index in [0.29, 0.717) is 17.4 Å². The minimum atomic E-state index is -4.39. The lowest BCUT2D eigenvalue weighted by Crippen LogP contribution is -2.37. The number of unbranched alkanes of at least 4 members (excludes halogenated alkanes) is 38. The van der Waals surface area contributed by atoms with Crippen LogP contribution in [-0.4, -0.2) is 74.9 Å². The first-order valence-corrected chi connectivity index (χ1v) is 36.2. The molecule has 0 spiro atoms. The van der Waals surface area contributed by atoms with Crippen molar-refractivity contribution >= 4 is 19.8 Å². The van der Waals surface area contributed by atoms with Crippen molar-refractivity contribution < 1.29 is 42.1 Å². The first-order chi connectivity index (χ1) is 40.0. The number of nitrogens with zero attached hydrogens (tertiary/aromatic N) is 1. The van der Waals surface area contributed by atoms with Crippen molar-refractivity contribution in [3.05, 3.63) is 72.9 Å². The summed E-state index contributed by atoms with van der Waals surface area (Å²) in [6, 6.07) is 0. The summed E-state index contributed by atoms with van der Waals surface area (Å²) in [6.07, 6.45) is 84.3. The van der Waals surface area contributed by atoms with Crippen LogP contribution in [0.3, 0.4) is 0 Å². The molecule has 0 radical (unpaired) electrons. The molecule has 0 saturated heterocycles. The highest BCUT2D eigenvalue weighted by atomic mass is 31.2. The zero-order valence-electron chi connectivity index (χ0n) is 54.5. The molecule has 82 heavy (non-hydrogen) atoms. The van der Waals surface area contributed by atoms with Crippen molar-refractivity contribution in [1.29, 1.82) is 0 Å². The molecule has 2 unspecified atom stereocenters. The van der Waals surface area contributed by atoms with Crippen LogP contribution in [0, 0.1) is 0 Å². The third kappa shape index (κ3) is 66.6. The lowest BCUT2D eigenvalue weighted by Gasteiger charge is -2.24. The van der Waals surface area contributed by atoms with Gasteiger partial charge in [0.05, 0.1) is 27.7 Å². The van der Waals surface area contributed by atoms with E-state index in [9.17, 15) is 19.0 Å². The number of likely N-dealkylation sites (N-methyl/N-ethyl adjacent to an activating group) is 1. The van der Waals surface area contributed by atoms with Crippen LogP contribution >= 0.6 is 7.82 Å². The van der Waals surface area contributed by atoms with Gasteiger partial charge in [-0.1, -0.05) is 299 Å². The molecule has 0 aromatic heterocycles. The number of hydrogen-bond donors (Lipinski definition) is 1. The van der Waals surface area contributed by atoms with Gasteiger partial charge in [0, 0.05) is 12.8 Å². The number of allylic oxidation sites excluding steroid dienone is 12. The number of carbonyl (C=O) groups excluding carboxylic acids is 2. The average Bonchev–Trinajstić information content (AvgIpc) is 3.45. The molecular weight excluding hydrogens is 1040 g/mol. The van der Waals surface area contributed by atoms with E-state index in [4.69, 9.17) is 18.5 Å². The Labute approximate surface area is 508 Å². The molecule has 2 atom stereocenters. The lowest BCUT2D eigenvalue weighted by molar-refractivity contribution is -0.870. The summed E-state index contributed by atoms with van der Waals surface area (Å²) in [6.45, 7) is 4.35. The fraction of sp³-hybridized carbons (Fsp3) is 0.806. The minimum absolute atomic E-state index is 0.0317. The van der Waals surface area contributed by atoms with E-state index in [-0.39, 0.29) is 32.0 Å². The number of phosphoric acid groups is 1. The summed E-state index contributed by atoms with van der Waals surface area (Å²) in [5.74, 6) is -0.786. The van der Waals surface area contributed by atoms with Gasteiger partial charge in [-0.15, -0.1) is 0 Å². The largest absolute Gasteiger partial charge is 0.472 e. The highest BCUT2D eigenvalue weighted by Gasteiger charge is 2.27. The first-order valence-electron chi connectivity index (χ1n) is 34.7. The Hall–Kier alpha value is -2.55. The van der Waals surface area contributed by atoms with Crippen LogP contribution in [0.2, 0.25) is 0 Å². The molecule has 0 aromatic rings. The molecule has 0 aliphatic carbocycles. The van der Waals surface area contributed by atoms with E-state index < -0.39 is 26.5 Å². The molecule has 10 heteroatoms. The summed E-state index contributed by atoms with van der Waals surface area (Å²) in [5, 5.41) is 0. The summed E-state index contributed by atoms with van der Waals surface area (Å²) < 4.78 is 34.7. The van der Waals surface area contributed by atoms with Crippen molar-refractivity contribution in [3.8, 4) is 0 Å². The van der Waals surface area contributed by atoms with Crippen LogP contribution in [0.25, 0.3) is 0 Å². The Morgan fingerprint density at radius 3 is 1.04 bits per heavy atom. The van der Waals surface area contributed by atoms with Crippen molar-refractivity contribution in [2.24, 2.45) is 0 Å². The number of carbonyl (C=O) groups is 2. The smallest absolute Gasteiger partial charge is 0.462 e. The molecule has 0 aromatic carbocycles. The van der Waals surface area contributed by atoms with E-state index in [1.54, 1.807) is 0 Å². The number of quaternary nitrogens is 1. The van der Waals surface area contributed by atoms with Gasteiger partial charge in [-0.2, -0.15) is 0 Å². The van der Waals surface area contributed by atoms with Crippen LogP contribution in [0.15, 0.2) is 72.9 Å². The van der Waals surface area contributed by atoms with Crippen LogP contribution in [0.5, 0.6) is 0 Å². The van der Waals surface area contributed by atoms with Gasteiger partial charge < -0.3 is 18.9 Å². The Morgan fingerprint density at radius 1 is 0.390 bits per heavy atom. The van der Waals surface area contributed by atoms with Gasteiger partial charge in [0.2, 0.25) is 0 Å². The number of rotatable bonds is 64. The summed E-state index contributed by atoms with van der Waals surface area (Å²) in [4.78, 5) is 35.9. The van der Waals surface area contributed by atoms with Gasteiger partial charge >= 0.3 is 19.8 Å². The van der Waals surface area contributed by atoms with Crippen LogP contribution in [-0.2, 0) is 32.7 Å². The topological polar surface area (TPSA) is 108 Å². The second kappa shape index (κ2) is 63.0. The molecule has 0 saturated carbocycles. The Kier molecular flexibility index (Phi) is 61.0. The van der Waals surface area contributed by atoms with E-state index in [1.807, 2.05) is 21.1 Å². The zero-order valence-corrected chi connectivity index (χ0v) is 55.4. The van der Waals surface area contributed by atoms with E-state index in [0.717, 1.165) is 64.2 Å². The van der Waals surface area contributed by atoms with E-state index >= 15 is 0 Å². The molecule has 0 amide bonds. The SMILES string of the molecule is CC/C=C\C/C=C\C/C=C\C/C=C\CCCCCCCCCCCCCCCCCCCCCCCCC(=O)OC(COC(=O)CCCCCCCCCCCCC/C=C\C/C=C\CCCCCCC)COP(=O)(O)OCC[N+](C)(C)C.